The molecule has 0 unspecified atom stereocenters. The summed E-state index contributed by atoms with van der Waals surface area (Å²) in [4.78, 5) is 34.4. The van der Waals surface area contributed by atoms with E-state index in [4.69, 9.17) is 4.74 Å². The van der Waals surface area contributed by atoms with E-state index in [1.807, 2.05) is 69.8 Å². The molecule has 5 rings (SSSR count). The summed E-state index contributed by atoms with van der Waals surface area (Å²) in [5.74, 6) is 0.0308. The molecule has 6 nitrogen and oxygen atoms in total. The van der Waals surface area contributed by atoms with Crippen molar-refractivity contribution >= 4 is 39.9 Å². The lowest BCUT2D eigenvalue weighted by Gasteiger charge is -2.34. The smallest absolute Gasteiger partial charge is 0.365 e. The molecule has 2 aliphatic rings. The third-order valence-electron chi connectivity index (χ3n) is 5.52. The van der Waals surface area contributed by atoms with Gasteiger partial charge in [0.15, 0.2) is 5.70 Å². The molecule has 0 saturated carbocycles. The fourth-order valence-corrected chi connectivity index (χ4v) is 4.57. The maximum atomic E-state index is 12.5. The number of thiophene rings is 1. The minimum absolute atomic E-state index is 0.145. The first-order chi connectivity index (χ1) is 15.2. The van der Waals surface area contributed by atoms with Gasteiger partial charge in [0.1, 0.15) is 0 Å². The van der Waals surface area contributed by atoms with E-state index in [1.54, 1.807) is 17.5 Å². The molecule has 3 aromatic rings. The topological polar surface area (TPSA) is 62.2 Å². The Morgan fingerprint density at radius 2 is 1.84 bits per heavy atom. The summed E-state index contributed by atoms with van der Waals surface area (Å²) in [6.45, 7) is 2.57. The van der Waals surface area contributed by atoms with Crippen LogP contribution in [0.4, 0.5) is 0 Å². The van der Waals surface area contributed by atoms with Crippen LogP contribution in [0.15, 0.2) is 76.9 Å². The van der Waals surface area contributed by atoms with Crippen LogP contribution in [0, 0.1) is 0 Å². The largest absolute Gasteiger partial charge is 0.402 e. The maximum absolute atomic E-state index is 12.5. The zero-order valence-electron chi connectivity index (χ0n) is 16.9. The van der Waals surface area contributed by atoms with Crippen LogP contribution in [0.1, 0.15) is 10.4 Å². The number of benzene rings is 2. The van der Waals surface area contributed by atoms with E-state index in [-0.39, 0.29) is 5.91 Å². The van der Waals surface area contributed by atoms with Crippen molar-refractivity contribution in [2.75, 3.05) is 26.2 Å². The lowest BCUT2D eigenvalue weighted by Crippen LogP contribution is -2.47. The number of nitrogens with zero attached hydrogens (tertiary/aromatic N) is 3. The van der Waals surface area contributed by atoms with Gasteiger partial charge in [-0.25, -0.2) is 9.79 Å². The fraction of sp³-hybridized carbons (Fsp3) is 0.208. The molecule has 0 N–H and O–H groups in total. The molecule has 0 spiro atoms. The fourth-order valence-electron chi connectivity index (χ4n) is 3.87. The Morgan fingerprint density at radius 3 is 2.65 bits per heavy atom. The highest BCUT2D eigenvalue weighted by Crippen LogP contribution is 2.24. The third-order valence-corrected chi connectivity index (χ3v) is 6.39. The van der Waals surface area contributed by atoms with Crippen LogP contribution in [0.3, 0.4) is 0 Å². The summed E-state index contributed by atoms with van der Waals surface area (Å²) in [6.07, 6.45) is 2.20. The number of ether oxygens (including phenoxy) is 1. The first-order valence-corrected chi connectivity index (χ1v) is 11.1. The number of fused-ring (bicyclic) bond motifs is 1. The van der Waals surface area contributed by atoms with E-state index >= 15 is 0 Å². The van der Waals surface area contributed by atoms with E-state index in [2.05, 4.69) is 4.99 Å². The van der Waals surface area contributed by atoms with Crippen LogP contribution >= 0.6 is 11.3 Å². The number of rotatable bonds is 4. The molecule has 156 valence electrons. The average molecular weight is 432 g/mol. The average Bonchev–Trinajstić information content (AvgIpc) is 3.43. The molecule has 1 saturated heterocycles. The minimum atomic E-state index is -0.445. The van der Waals surface area contributed by atoms with E-state index < -0.39 is 5.97 Å². The van der Waals surface area contributed by atoms with Crippen molar-refractivity contribution in [3.05, 3.63) is 82.3 Å². The monoisotopic (exact) mass is 431 g/mol. The molecule has 1 fully saturated rings. The van der Waals surface area contributed by atoms with Crippen molar-refractivity contribution in [1.82, 2.24) is 9.80 Å². The molecule has 0 aliphatic carbocycles. The Morgan fingerprint density at radius 1 is 1.03 bits per heavy atom. The van der Waals surface area contributed by atoms with Gasteiger partial charge < -0.3 is 14.5 Å². The van der Waals surface area contributed by atoms with Gasteiger partial charge in [0.25, 0.3) is 0 Å². The predicted molar refractivity (Wildman–Crippen MR) is 121 cm³/mol. The number of amides is 1. The lowest BCUT2D eigenvalue weighted by atomic mass is 10.0. The standard InChI is InChI=1S/C24H21N3O3S/c28-22(15-18-7-4-14-31-18)27-12-10-26(11-13-27)16-21-24(29)30-23(25-21)20-9-3-6-17-5-1-2-8-19(17)20/h1-9,14,16H,10-13,15H2. The first-order valence-electron chi connectivity index (χ1n) is 10.2. The van der Waals surface area contributed by atoms with Crippen molar-refractivity contribution in [1.29, 1.82) is 0 Å². The molecule has 1 aromatic heterocycles. The second kappa shape index (κ2) is 8.35. The number of hydrogen-bond acceptors (Lipinski definition) is 6. The molecule has 3 heterocycles. The van der Waals surface area contributed by atoms with Crippen LogP contribution in [-0.4, -0.2) is 53.8 Å². The van der Waals surface area contributed by atoms with Gasteiger partial charge in [0.05, 0.1) is 6.42 Å². The highest BCUT2D eigenvalue weighted by Gasteiger charge is 2.27. The number of hydrogen-bond donors (Lipinski definition) is 0. The molecule has 0 radical (unpaired) electrons. The van der Waals surface area contributed by atoms with Crippen LogP contribution in [0.2, 0.25) is 0 Å². The van der Waals surface area contributed by atoms with Gasteiger partial charge in [-0.1, -0.05) is 42.5 Å². The van der Waals surface area contributed by atoms with Crippen molar-refractivity contribution < 1.29 is 14.3 Å². The molecular formula is C24H21N3O3S. The second-order valence-electron chi connectivity index (χ2n) is 7.52. The number of carbonyl (C=O) groups is 2. The quantitative estimate of drug-likeness (QED) is 0.469. The van der Waals surface area contributed by atoms with E-state index in [0.717, 1.165) is 21.2 Å². The second-order valence-corrected chi connectivity index (χ2v) is 8.55. The lowest BCUT2D eigenvalue weighted by molar-refractivity contribution is -0.132. The molecule has 7 heteroatoms. The third kappa shape index (κ3) is 4.09. The molecule has 2 aliphatic heterocycles. The number of piperazine rings is 1. The van der Waals surface area contributed by atoms with E-state index in [1.165, 1.54) is 0 Å². The Labute approximate surface area is 184 Å². The van der Waals surface area contributed by atoms with Crippen molar-refractivity contribution in [3.8, 4) is 0 Å². The minimum Gasteiger partial charge on any atom is -0.402 e. The van der Waals surface area contributed by atoms with Gasteiger partial charge in [-0.05, 0) is 28.3 Å². The number of aliphatic imine (C=N–C) groups is 1. The van der Waals surface area contributed by atoms with Crippen molar-refractivity contribution in [3.63, 3.8) is 0 Å². The summed E-state index contributed by atoms with van der Waals surface area (Å²) in [5.41, 5.74) is 1.10. The van der Waals surface area contributed by atoms with Crippen LogP contribution in [0.5, 0.6) is 0 Å². The SMILES string of the molecule is O=C1OC(c2cccc3ccccc23)=NC1=CN1CCN(C(=O)Cc2cccs2)CC1. The van der Waals surface area contributed by atoms with Gasteiger partial charge in [-0.3, -0.25) is 4.79 Å². The highest BCUT2D eigenvalue weighted by molar-refractivity contribution is 7.10. The molecule has 31 heavy (non-hydrogen) atoms. The number of cyclic esters (lactones) is 1. The van der Waals surface area contributed by atoms with E-state index in [0.29, 0.717) is 44.2 Å². The van der Waals surface area contributed by atoms with Crippen molar-refractivity contribution in [2.24, 2.45) is 4.99 Å². The zero-order chi connectivity index (χ0) is 21.2. The van der Waals surface area contributed by atoms with Crippen molar-refractivity contribution in [2.45, 2.75) is 6.42 Å². The normalized spacial score (nSPS) is 17.9. The molecule has 0 bridgehead atoms. The summed E-state index contributed by atoms with van der Waals surface area (Å²) in [5, 5.41) is 4.05. The van der Waals surface area contributed by atoms with Crippen LogP contribution in [-0.2, 0) is 20.7 Å². The Hall–Kier alpha value is -3.45. The summed E-state index contributed by atoms with van der Waals surface area (Å²) in [7, 11) is 0. The summed E-state index contributed by atoms with van der Waals surface area (Å²) < 4.78 is 5.48. The predicted octanol–water partition coefficient (Wildman–Crippen LogP) is 3.43. The Bertz CT molecular complexity index is 1190. The Kier molecular flexibility index (Phi) is 5.26. The van der Waals surface area contributed by atoms with Crippen LogP contribution in [0.25, 0.3) is 10.8 Å². The molecule has 2 aromatic carbocycles. The van der Waals surface area contributed by atoms with Gasteiger partial charge in [-0.15, -0.1) is 11.3 Å². The van der Waals surface area contributed by atoms with Gasteiger partial charge in [-0.2, -0.15) is 0 Å². The summed E-state index contributed by atoms with van der Waals surface area (Å²) >= 11 is 1.60. The molecule has 0 atom stereocenters. The maximum Gasteiger partial charge on any atom is 0.365 e. The van der Waals surface area contributed by atoms with E-state index in [9.17, 15) is 9.59 Å². The first kappa shape index (κ1) is 19.5. The summed E-state index contributed by atoms with van der Waals surface area (Å²) in [6, 6.07) is 17.8. The van der Waals surface area contributed by atoms with Gasteiger partial charge in [0, 0.05) is 42.8 Å². The van der Waals surface area contributed by atoms with Crippen LogP contribution < -0.4 is 0 Å². The molecular weight excluding hydrogens is 410 g/mol. The Balaban J connectivity index is 1.27. The molecule has 1 amide bonds. The highest BCUT2D eigenvalue weighted by atomic mass is 32.1. The van der Waals surface area contributed by atoms with Gasteiger partial charge in [0.2, 0.25) is 11.8 Å². The zero-order valence-corrected chi connectivity index (χ0v) is 17.7. The number of carbonyl (C=O) groups excluding carboxylic acids is 2. The number of esters is 1. The van der Waals surface area contributed by atoms with Gasteiger partial charge >= 0.3 is 5.97 Å².